The summed E-state index contributed by atoms with van der Waals surface area (Å²) >= 11 is 0. The first-order chi connectivity index (χ1) is 11.4. The number of hydrogen-bond donors (Lipinski definition) is 0. The highest BCUT2D eigenvalue weighted by Crippen LogP contribution is 2.37. The maximum atomic E-state index is 10.9. The molecule has 3 nitrogen and oxygen atoms in total. The van der Waals surface area contributed by atoms with Gasteiger partial charge in [-0.05, 0) is 50.8 Å². The standard InChI is InChI=1S/C20H29NO2/c22-15-7-10-18-19(21-13-5-2-6-14-21)11-12-20(18)23-16-17-8-3-1-4-9-17/h1,3-4,8-9,15,18-20H,2,5-7,10-14,16H2/t18-,19+,20+/m0/s1. The molecule has 3 rings (SSSR count). The second kappa shape index (κ2) is 8.60. The Bertz CT molecular complexity index is 470. The van der Waals surface area contributed by atoms with E-state index in [1.165, 1.54) is 44.3 Å². The number of carbonyl (C=O) groups excluding carboxylic acids is 1. The molecule has 0 N–H and O–H groups in total. The van der Waals surface area contributed by atoms with Gasteiger partial charge in [0.15, 0.2) is 0 Å². The molecule has 1 aromatic carbocycles. The molecule has 1 saturated carbocycles. The lowest BCUT2D eigenvalue weighted by Crippen LogP contribution is -2.43. The summed E-state index contributed by atoms with van der Waals surface area (Å²) in [4.78, 5) is 13.5. The molecule has 0 amide bonds. The molecular weight excluding hydrogens is 286 g/mol. The quantitative estimate of drug-likeness (QED) is 0.717. The molecule has 1 aromatic rings. The summed E-state index contributed by atoms with van der Waals surface area (Å²) in [6.07, 6.45) is 9.40. The van der Waals surface area contributed by atoms with Crippen LogP contribution in [0.15, 0.2) is 30.3 Å². The number of aldehydes is 1. The fraction of sp³-hybridized carbons (Fsp3) is 0.650. The summed E-state index contributed by atoms with van der Waals surface area (Å²) < 4.78 is 6.28. The maximum absolute atomic E-state index is 10.9. The summed E-state index contributed by atoms with van der Waals surface area (Å²) in [7, 11) is 0. The summed E-state index contributed by atoms with van der Waals surface area (Å²) in [6, 6.07) is 11.0. The highest BCUT2D eigenvalue weighted by Gasteiger charge is 2.39. The van der Waals surface area contributed by atoms with Crippen molar-refractivity contribution in [1.29, 1.82) is 0 Å². The number of benzene rings is 1. The zero-order chi connectivity index (χ0) is 15.9. The highest BCUT2D eigenvalue weighted by atomic mass is 16.5. The van der Waals surface area contributed by atoms with Gasteiger partial charge in [-0.15, -0.1) is 0 Å². The molecular formula is C20H29NO2. The van der Waals surface area contributed by atoms with E-state index >= 15 is 0 Å². The van der Waals surface area contributed by atoms with Gasteiger partial charge in [-0.2, -0.15) is 0 Å². The minimum absolute atomic E-state index is 0.307. The van der Waals surface area contributed by atoms with Gasteiger partial charge in [-0.25, -0.2) is 0 Å². The fourth-order valence-electron chi connectivity index (χ4n) is 4.34. The first kappa shape index (κ1) is 16.7. The maximum Gasteiger partial charge on any atom is 0.120 e. The van der Waals surface area contributed by atoms with Crippen LogP contribution in [-0.4, -0.2) is 36.4 Å². The molecule has 126 valence electrons. The van der Waals surface area contributed by atoms with E-state index in [1.54, 1.807) is 0 Å². The van der Waals surface area contributed by atoms with Crippen molar-refractivity contribution in [3.63, 3.8) is 0 Å². The Morgan fingerprint density at radius 1 is 1.09 bits per heavy atom. The number of carbonyl (C=O) groups is 1. The zero-order valence-corrected chi connectivity index (χ0v) is 14.0. The largest absolute Gasteiger partial charge is 0.373 e. The lowest BCUT2D eigenvalue weighted by molar-refractivity contribution is -0.108. The third kappa shape index (κ3) is 4.42. The molecule has 3 heteroatoms. The zero-order valence-electron chi connectivity index (χ0n) is 14.0. The van der Waals surface area contributed by atoms with Crippen LogP contribution in [0, 0.1) is 5.92 Å². The van der Waals surface area contributed by atoms with E-state index < -0.39 is 0 Å². The third-order valence-corrected chi connectivity index (χ3v) is 5.50. The predicted octanol–water partition coefficient (Wildman–Crippen LogP) is 3.82. The van der Waals surface area contributed by atoms with E-state index in [0.717, 1.165) is 19.1 Å². The molecule has 0 unspecified atom stereocenters. The molecule has 23 heavy (non-hydrogen) atoms. The van der Waals surface area contributed by atoms with Crippen LogP contribution in [0.25, 0.3) is 0 Å². The lowest BCUT2D eigenvalue weighted by atomic mass is 9.93. The number of ether oxygens (including phenoxy) is 1. The van der Waals surface area contributed by atoms with Crippen LogP contribution in [0.2, 0.25) is 0 Å². The molecule has 0 radical (unpaired) electrons. The van der Waals surface area contributed by atoms with Crippen LogP contribution in [0.4, 0.5) is 0 Å². The van der Waals surface area contributed by atoms with Gasteiger partial charge < -0.3 is 14.4 Å². The van der Waals surface area contributed by atoms with Crippen molar-refractivity contribution in [2.45, 2.75) is 63.7 Å². The van der Waals surface area contributed by atoms with E-state index in [2.05, 4.69) is 29.2 Å². The molecule has 1 aliphatic heterocycles. The van der Waals surface area contributed by atoms with E-state index in [0.29, 0.717) is 31.1 Å². The minimum Gasteiger partial charge on any atom is -0.373 e. The van der Waals surface area contributed by atoms with Gasteiger partial charge in [-0.1, -0.05) is 36.8 Å². The molecule has 0 aromatic heterocycles. The van der Waals surface area contributed by atoms with E-state index in [-0.39, 0.29) is 0 Å². The minimum atomic E-state index is 0.307. The number of rotatable bonds is 7. The molecule has 1 saturated heterocycles. The van der Waals surface area contributed by atoms with Crippen LogP contribution >= 0.6 is 0 Å². The van der Waals surface area contributed by atoms with Gasteiger partial charge in [0.25, 0.3) is 0 Å². The SMILES string of the molecule is O=CCC[C@H]1[C@H](N2CCCCC2)CC[C@H]1OCc1ccccc1. The topological polar surface area (TPSA) is 29.5 Å². The first-order valence-electron chi connectivity index (χ1n) is 9.21. The summed E-state index contributed by atoms with van der Waals surface area (Å²) in [5.41, 5.74) is 1.24. The molecule has 0 spiro atoms. The third-order valence-electron chi connectivity index (χ3n) is 5.50. The summed E-state index contributed by atoms with van der Waals surface area (Å²) in [5.74, 6) is 0.516. The Morgan fingerprint density at radius 2 is 1.87 bits per heavy atom. The molecule has 3 atom stereocenters. The van der Waals surface area contributed by atoms with Crippen molar-refractivity contribution < 1.29 is 9.53 Å². The van der Waals surface area contributed by atoms with Crippen LogP contribution in [0.5, 0.6) is 0 Å². The van der Waals surface area contributed by atoms with Crippen LogP contribution < -0.4 is 0 Å². The van der Waals surface area contributed by atoms with Gasteiger partial charge >= 0.3 is 0 Å². The Labute approximate surface area is 140 Å². The molecule has 2 fully saturated rings. The second-order valence-electron chi connectivity index (χ2n) is 6.98. The number of piperidine rings is 1. The van der Waals surface area contributed by atoms with Crippen LogP contribution in [-0.2, 0) is 16.1 Å². The monoisotopic (exact) mass is 315 g/mol. The Hall–Kier alpha value is -1.19. The first-order valence-corrected chi connectivity index (χ1v) is 9.21. The summed E-state index contributed by atoms with van der Waals surface area (Å²) in [6.45, 7) is 3.15. The smallest absolute Gasteiger partial charge is 0.120 e. The van der Waals surface area contributed by atoms with Gasteiger partial charge in [0.1, 0.15) is 6.29 Å². The van der Waals surface area contributed by atoms with E-state index in [4.69, 9.17) is 4.74 Å². The molecule has 1 heterocycles. The molecule has 1 aliphatic carbocycles. The average molecular weight is 315 g/mol. The second-order valence-corrected chi connectivity index (χ2v) is 6.98. The fourth-order valence-corrected chi connectivity index (χ4v) is 4.34. The molecule has 2 aliphatic rings. The van der Waals surface area contributed by atoms with Crippen molar-refractivity contribution in [3.8, 4) is 0 Å². The van der Waals surface area contributed by atoms with E-state index in [9.17, 15) is 4.79 Å². The Balaban J connectivity index is 1.60. The van der Waals surface area contributed by atoms with Crippen LogP contribution in [0.3, 0.4) is 0 Å². The number of nitrogens with zero attached hydrogens (tertiary/aromatic N) is 1. The number of likely N-dealkylation sites (tertiary alicyclic amines) is 1. The highest BCUT2D eigenvalue weighted by molar-refractivity contribution is 5.49. The van der Waals surface area contributed by atoms with Crippen molar-refractivity contribution in [1.82, 2.24) is 4.90 Å². The van der Waals surface area contributed by atoms with Crippen LogP contribution in [0.1, 0.15) is 50.5 Å². The Kier molecular flexibility index (Phi) is 6.23. The van der Waals surface area contributed by atoms with Gasteiger partial charge in [0, 0.05) is 18.4 Å². The summed E-state index contributed by atoms with van der Waals surface area (Å²) in [5, 5.41) is 0. The van der Waals surface area contributed by atoms with Gasteiger partial charge in [-0.3, -0.25) is 0 Å². The number of hydrogen-bond acceptors (Lipinski definition) is 3. The lowest BCUT2D eigenvalue weighted by Gasteiger charge is -2.36. The van der Waals surface area contributed by atoms with Crippen molar-refractivity contribution >= 4 is 6.29 Å². The van der Waals surface area contributed by atoms with Crippen molar-refractivity contribution in [3.05, 3.63) is 35.9 Å². The van der Waals surface area contributed by atoms with E-state index in [1.807, 2.05) is 6.07 Å². The van der Waals surface area contributed by atoms with Crippen molar-refractivity contribution in [2.24, 2.45) is 5.92 Å². The van der Waals surface area contributed by atoms with Gasteiger partial charge in [0.05, 0.1) is 12.7 Å². The normalized spacial score (nSPS) is 28.8. The molecule has 0 bridgehead atoms. The Morgan fingerprint density at radius 3 is 2.61 bits per heavy atom. The van der Waals surface area contributed by atoms with Crippen molar-refractivity contribution in [2.75, 3.05) is 13.1 Å². The predicted molar refractivity (Wildman–Crippen MR) is 92.3 cm³/mol. The van der Waals surface area contributed by atoms with Gasteiger partial charge in [0.2, 0.25) is 0 Å². The average Bonchev–Trinajstić information content (AvgIpc) is 3.02.